The maximum Gasteiger partial charge on any atom is 0.308 e. The van der Waals surface area contributed by atoms with E-state index in [2.05, 4.69) is 26.9 Å². The molecule has 2 aliphatic rings. The Kier molecular flexibility index (Phi) is 8.30. The second-order valence-electron chi connectivity index (χ2n) is 7.83. The monoisotopic (exact) mass is 419 g/mol. The molecule has 0 amide bonds. The number of carbonyl (C=O) groups excluding carboxylic acids is 1. The highest BCUT2D eigenvalue weighted by Crippen LogP contribution is 2.19. The third-order valence-corrected chi connectivity index (χ3v) is 5.91. The summed E-state index contributed by atoms with van der Waals surface area (Å²) in [6, 6.07) is 6.74. The van der Waals surface area contributed by atoms with Crippen molar-refractivity contribution >= 4 is 17.6 Å². The zero-order valence-electron chi connectivity index (χ0n) is 18.1. The third-order valence-electron chi connectivity index (χ3n) is 5.91. The van der Waals surface area contributed by atoms with Gasteiger partial charge in [-0.1, -0.05) is 0 Å². The summed E-state index contributed by atoms with van der Waals surface area (Å²) in [5, 5.41) is 3.38. The third kappa shape index (κ3) is 6.08. The second-order valence-corrected chi connectivity index (χ2v) is 7.83. The lowest BCUT2D eigenvalue weighted by molar-refractivity contribution is -0.146. The molecule has 0 radical (unpaired) electrons. The normalized spacial score (nSPS) is 19.1. The van der Waals surface area contributed by atoms with Crippen LogP contribution in [0.5, 0.6) is 0 Å². The highest BCUT2D eigenvalue weighted by atomic mass is 19.1. The van der Waals surface area contributed by atoms with Crippen molar-refractivity contribution in [3.05, 3.63) is 30.1 Å². The van der Waals surface area contributed by atoms with Crippen LogP contribution in [0, 0.1) is 11.7 Å². The van der Waals surface area contributed by atoms with Crippen LogP contribution in [0.25, 0.3) is 0 Å². The summed E-state index contributed by atoms with van der Waals surface area (Å²) in [4.78, 5) is 23.5. The fourth-order valence-electron chi connectivity index (χ4n) is 4.10. The topological polar surface area (TPSA) is 60.4 Å². The standard InChI is InChI=1S/C22H34FN5O2/c1-3-24-22(28-11-8-18(9-12-28)21(29)30-2)25-10-13-26-14-16-27(17-15-26)20-6-4-19(23)5-7-20/h4-7,18H,3,8-17H2,1-2H3,(H,24,25). The van der Waals surface area contributed by atoms with Gasteiger partial charge in [-0.3, -0.25) is 14.7 Å². The maximum absolute atomic E-state index is 13.1. The molecule has 2 saturated heterocycles. The van der Waals surface area contributed by atoms with Crippen LogP contribution in [-0.2, 0) is 9.53 Å². The molecule has 8 heteroatoms. The van der Waals surface area contributed by atoms with E-state index in [4.69, 9.17) is 9.73 Å². The number of anilines is 1. The lowest BCUT2D eigenvalue weighted by Crippen LogP contribution is -2.48. The number of piperidine rings is 1. The van der Waals surface area contributed by atoms with E-state index in [0.717, 1.165) is 83.4 Å². The van der Waals surface area contributed by atoms with Crippen LogP contribution in [0.4, 0.5) is 10.1 Å². The number of hydrogen-bond acceptors (Lipinski definition) is 5. The summed E-state index contributed by atoms with van der Waals surface area (Å²) >= 11 is 0. The molecule has 0 bridgehead atoms. The van der Waals surface area contributed by atoms with Gasteiger partial charge in [0.1, 0.15) is 5.82 Å². The molecule has 0 saturated carbocycles. The lowest BCUT2D eigenvalue weighted by atomic mass is 9.97. The predicted molar refractivity (Wildman–Crippen MR) is 117 cm³/mol. The van der Waals surface area contributed by atoms with Crippen molar-refractivity contribution in [3.8, 4) is 0 Å². The van der Waals surface area contributed by atoms with E-state index in [-0.39, 0.29) is 17.7 Å². The molecule has 0 unspecified atom stereocenters. The molecule has 2 fully saturated rings. The van der Waals surface area contributed by atoms with Crippen molar-refractivity contribution in [2.24, 2.45) is 10.9 Å². The summed E-state index contributed by atoms with van der Waals surface area (Å²) < 4.78 is 18.0. The number of nitrogens with one attached hydrogen (secondary N) is 1. The predicted octanol–water partition coefficient (Wildman–Crippen LogP) is 1.80. The van der Waals surface area contributed by atoms with Gasteiger partial charge in [0.2, 0.25) is 0 Å². The van der Waals surface area contributed by atoms with Gasteiger partial charge in [-0.25, -0.2) is 4.39 Å². The Balaban J connectivity index is 1.44. The van der Waals surface area contributed by atoms with Gasteiger partial charge >= 0.3 is 5.97 Å². The zero-order chi connectivity index (χ0) is 21.3. The molecule has 7 nitrogen and oxygen atoms in total. The molecule has 0 aromatic heterocycles. The Labute approximate surface area is 178 Å². The van der Waals surface area contributed by atoms with E-state index >= 15 is 0 Å². The number of esters is 1. The molecule has 2 heterocycles. The Morgan fingerprint density at radius 2 is 1.80 bits per heavy atom. The van der Waals surface area contributed by atoms with Crippen LogP contribution in [-0.4, -0.2) is 87.7 Å². The first-order chi connectivity index (χ1) is 14.6. The second kappa shape index (κ2) is 11.2. The Morgan fingerprint density at radius 3 is 2.40 bits per heavy atom. The molecule has 3 rings (SSSR count). The highest BCUT2D eigenvalue weighted by Gasteiger charge is 2.27. The van der Waals surface area contributed by atoms with Gasteiger partial charge in [-0.05, 0) is 44.0 Å². The SMILES string of the molecule is CCNC(=NCCN1CCN(c2ccc(F)cc2)CC1)N1CCC(C(=O)OC)CC1. The molecular formula is C22H34FN5O2. The van der Waals surface area contributed by atoms with E-state index in [1.807, 2.05) is 12.1 Å². The fraction of sp³-hybridized carbons (Fsp3) is 0.636. The Morgan fingerprint density at radius 1 is 1.13 bits per heavy atom. The van der Waals surface area contributed by atoms with Gasteiger partial charge in [0, 0.05) is 58.0 Å². The maximum atomic E-state index is 13.1. The van der Waals surface area contributed by atoms with Crippen molar-refractivity contribution in [1.82, 2.24) is 15.1 Å². The van der Waals surface area contributed by atoms with Gasteiger partial charge in [-0.2, -0.15) is 0 Å². The van der Waals surface area contributed by atoms with Crippen molar-refractivity contribution in [1.29, 1.82) is 0 Å². The summed E-state index contributed by atoms with van der Waals surface area (Å²) in [5.41, 5.74) is 1.08. The first-order valence-corrected chi connectivity index (χ1v) is 10.9. The molecule has 0 spiro atoms. The summed E-state index contributed by atoms with van der Waals surface area (Å²) in [6.45, 7) is 10.1. The number of halogens is 1. The van der Waals surface area contributed by atoms with E-state index in [9.17, 15) is 9.18 Å². The van der Waals surface area contributed by atoms with Gasteiger partial charge in [0.15, 0.2) is 5.96 Å². The number of carbonyl (C=O) groups is 1. The number of ether oxygens (including phenoxy) is 1. The van der Waals surface area contributed by atoms with Crippen molar-refractivity contribution in [2.45, 2.75) is 19.8 Å². The Hall–Kier alpha value is -2.35. The van der Waals surface area contributed by atoms with Gasteiger partial charge in [0.25, 0.3) is 0 Å². The number of likely N-dealkylation sites (tertiary alicyclic amines) is 1. The van der Waals surface area contributed by atoms with E-state index in [1.165, 1.54) is 19.2 Å². The lowest BCUT2D eigenvalue weighted by Gasteiger charge is -2.36. The summed E-state index contributed by atoms with van der Waals surface area (Å²) in [5.74, 6) is 0.648. The van der Waals surface area contributed by atoms with Crippen molar-refractivity contribution < 1.29 is 13.9 Å². The molecule has 30 heavy (non-hydrogen) atoms. The van der Waals surface area contributed by atoms with Crippen LogP contribution in [0.3, 0.4) is 0 Å². The largest absolute Gasteiger partial charge is 0.469 e. The number of guanidine groups is 1. The molecule has 1 aromatic rings. The molecule has 0 aliphatic carbocycles. The molecule has 0 atom stereocenters. The van der Waals surface area contributed by atoms with E-state index in [0.29, 0.717) is 0 Å². The summed E-state index contributed by atoms with van der Waals surface area (Å²) in [6.07, 6.45) is 1.62. The minimum atomic E-state index is -0.193. The van der Waals surface area contributed by atoms with Crippen LogP contribution < -0.4 is 10.2 Å². The van der Waals surface area contributed by atoms with Gasteiger partial charge in [0.05, 0.1) is 19.6 Å². The number of rotatable bonds is 6. The van der Waals surface area contributed by atoms with Crippen LogP contribution in [0.15, 0.2) is 29.3 Å². The number of nitrogens with zero attached hydrogens (tertiary/aromatic N) is 4. The molecule has 2 aliphatic heterocycles. The average molecular weight is 420 g/mol. The van der Waals surface area contributed by atoms with Crippen LogP contribution in [0.2, 0.25) is 0 Å². The average Bonchev–Trinajstić information content (AvgIpc) is 2.79. The molecule has 1 N–H and O–H groups in total. The van der Waals surface area contributed by atoms with Gasteiger partial charge < -0.3 is 19.9 Å². The number of methoxy groups -OCH3 is 1. The number of aliphatic imine (C=N–C) groups is 1. The van der Waals surface area contributed by atoms with Crippen molar-refractivity contribution in [3.63, 3.8) is 0 Å². The number of hydrogen-bond donors (Lipinski definition) is 1. The fourth-order valence-corrected chi connectivity index (χ4v) is 4.10. The highest BCUT2D eigenvalue weighted by molar-refractivity contribution is 5.80. The minimum Gasteiger partial charge on any atom is -0.469 e. The smallest absolute Gasteiger partial charge is 0.308 e. The molecule has 166 valence electrons. The van der Waals surface area contributed by atoms with Crippen LogP contribution in [0.1, 0.15) is 19.8 Å². The first-order valence-electron chi connectivity index (χ1n) is 10.9. The quantitative estimate of drug-likeness (QED) is 0.431. The van der Waals surface area contributed by atoms with Gasteiger partial charge in [-0.15, -0.1) is 0 Å². The summed E-state index contributed by atoms with van der Waals surface area (Å²) in [7, 11) is 1.46. The zero-order valence-corrected chi connectivity index (χ0v) is 18.1. The minimum absolute atomic E-state index is 0.00605. The number of benzene rings is 1. The molecule has 1 aromatic carbocycles. The van der Waals surface area contributed by atoms with Crippen molar-refractivity contribution in [2.75, 3.05) is 70.9 Å². The van der Waals surface area contributed by atoms with Crippen LogP contribution >= 0.6 is 0 Å². The Bertz CT molecular complexity index is 696. The molecular weight excluding hydrogens is 385 g/mol. The first kappa shape index (κ1) is 22.3. The number of piperazine rings is 1. The van der Waals surface area contributed by atoms with E-state index < -0.39 is 0 Å². The van der Waals surface area contributed by atoms with E-state index in [1.54, 1.807) is 0 Å².